The normalized spacial score (nSPS) is 40.3. The summed E-state index contributed by atoms with van der Waals surface area (Å²) in [6.45, 7) is 8.01. The van der Waals surface area contributed by atoms with Crippen molar-refractivity contribution in [2.75, 3.05) is 14.2 Å². The number of ketones is 1. The molecule has 4 aliphatic rings. The Hall–Kier alpha value is -1.75. The zero-order chi connectivity index (χ0) is 24.8. The standard InChI is InChI=1S/C28H39N3O.C2H6O/c1-18-8-11-27(2)20(14-18)4-5-21-22-6-7-24(28(22,3)12-9-23(21)27)26(32)17-31-16-19-10-13-29-15-25(19)30-31;1-3-2/h10,13,15-16,18,20-24H,4-9,11-12,14,17H2,1-3H3;1-2H3. The van der Waals surface area contributed by atoms with Crippen molar-refractivity contribution in [3.8, 4) is 0 Å². The number of ether oxygens (including phenoxy) is 1. The monoisotopic (exact) mass is 479 g/mol. The van der Waals surface area contributed by atoms with Crippen LogP contribution < -0.4 is 0 Å². The highest BCUT2D eigenvalue weighted by Crippen LogP contribution is 2.67. The van der Waals surface area contributed by atoms with Gasteiger partial charge in [-0.25, -0.2) is 0 Å². The lowest BCUT2D eigenvalue weighted by molar-refractivity contribution is -0.137. The first-order chi connectivity index (χ1) is 16.8. The second-order valence-corrected chi connectivity index (χ2v) is 12.8. The van der Waals surface area contributed by atoms with E-state index in [0.717, 1.165) is 46.9 Å². The number of rotatable bonds is 3. The number of pyridine rings is 1. The first-order valence-electron chi connectivity index (χ1n) is 14.0. The van der Waals surface area contributed by atoms with E-state index in [1.807, 2.05) is 16.9 Å². The maximum absolute atomic E-state index is 13.6. The van der Waals surface area contributed by atoms with Gasteiger partial charge in [0, 0.05) is 37.9 Å². The van der Waals surface area contributed by atoms with Gasteiger partial charge in [-0.1, -0.05) is 27.2 Å². The van der Waals surface area contributed by atoms with Crippen molar-refractivity contribution in [3.05, 3.63) is 24.7 Å². The average molecular weight is 480 g/mol. The van der Waals surface area contributed by atoms with Gasteiger partial charge >= 0.3 is 0 Å². The molecule has 0 aromatic carbocycles. The highest BCUT2D eigenvalue weighted by Gasteiger charge is 2.60. The van der Waals surface area contributed by atoms with Crippen LogP contribution in [0.2, 0.25) is 0 Å². The number of carbonyl (C=O) groups is 1. The lowest BCUT2D eigenvalue weighted by atomic mass is 9.44. The summed E-state index contributed by atoms with van der Waals surface area (Å²) >= 11 is 0. The number of Topliss-reactive ketones (excluding diaryl/α,β-unsaturated/α-hetero) is 1. The van der Waals surface area contributed by atoms with Crippen LogP contribution in [0, 0.1) is 46.3 Å². The second kappa shape index (κ2) is 9.61. The van der Waals surface area contributed by atoms with Gasteiger partial charge in [0.1, 0.15) is 5.52 Å². The first kappa shape index (κ1) is 24.9. The predicted molar refractivity (Wildman–Crippen MR) is 140 cm³/mol. The van der Waals surface area contributed by atoms with Crippen LogP contribution in [0.25, 0.3) is 10.9 Å². The minimum Gasteiger partial charge on any atom is -0.388 e. The highest BCUT2D eigenvalue weighted by atomic mass is 16.4. The fourth-order valence-corrected chi connectivity index (χ4v) is 9.27. The molecule has 0 amide bonds. The van der Waals surface area contributed by atoms with Crippen LogP contribution >= 0.6 is 0 Å². The molecule has 2 aromatic heterocycles. The largest absolute Gasteiger partial charge is 0.388 e. The van der Waals surface area contributed by atoms with Crippen LogP contribution in [-0.4, -0.2) is 34.8 Å². The quantitative estimate of drug-likeness (QED) is 0.500. The molecule has 0 aliphatic heterocycles. The van der Waals surface area contributed by atoms with E-state index >= 15 is 0 Å². The molecule has 0 bridgehead atoms. The molecule has 0 radical (unpaired) electrons. The van der Waals surface area contributed by atoms with Gasteiger partial charge in [-0.2, -0.15) is 5.10 Å². The third-order valence-electron chi connectivity index (χ3n) is 11.0. The summed E-state index contributed by atoms with van der Waals surface area (Å²) < 4.78 is 6.10. The van der Waals surface area contributed by atoms with Gasteiger partial charge in [0.2, 0.25) is 0 Å². The predicted octanol–water partition coefficient (Wildman–Crippen LogP) is 6.56. The van der Waals surface area contributed by atoms with Gasteiger partial charge in [0.05, 0.1) is 12.7 Å². The maximum Gasteiger partial charge on any atom is 0.157 e. The molecule has 0 spiro atoms. The Labute approximate surface area is 211 Å². The topological polar surface area (TPSA) is 57.0 Å². The Balaban J connectivity index is 0.000000806. The molecule has 8 atom stereocenters. The summed E-state index contributed by atoms with van der Waals surface area (Å²) in [4.78, 5) is 17.7. The fraction of sp³-hybridized carbons (Fsp3) is 0.767. The molecule has 35 heavy (non-hydrogen) atoms. The van der Waals surface area contributed by atoms with Crippen molar-refractivity contribution in [2.45, 2.75) is 85.1 Å². The summed E-state index contributed by atoms with van der Waals surface area (Å²) in [5.41, 5.74) is 1.63. The number of carbonyl (C=O) groups excluding carboxylic acids is 1. The SMILES string of the molecule is CC1CCC2(C)C(CCC3C2CCC2(C)C(C(=O)Cn4cc5ccncc5n4)CCC32)C1.COC. The summed E-state index contributed by atoms with van der Waals surface area (Å²) in [6, 6.07) is 1.97. The first-order valence-corrected chi connectivity index (χ1v) is 14.0. The van der Waals surface area contributed by atoms with Crippen LogP contribution in [-0.2, 0) is 16.1 Å². The number of hydrogen-bond acceptors (Lipinski definition) is 4. The van der Waals surface area contributed by atoms with E-state index < -0.39 is 0 Å². The Morgan fingerprint density at radius 2 is 1.80 bits per heavy atom. The maximum atomic E-state index is 13.6. The van der Waals surface area contributed by atoms with E-state index in [2.05, 4.69) is 35.6 Å². The van der Waals surface area contributed by atoms with Gasteiger partial charge in [-0.3, -0.25) is 14.5 Å². The van der Waals surface area contributed by atoms with Crippen LogP contribution in [0.3, 0.4) is 0 Å². The van der Waals surface area contributed by atoms with Gasteiger partial charge < -0.3 is 4.74 Å². The summed E-state index contributed by atoms with van der Waals surface area (Å²) in [5, 5.41) is 5.68. The Morgan fingerprint density at radius 1 is 1.06 bits per heavy atom. The Bertz CT molecular complexity index is 1020. The van der Waals surface area contributed by atoms with E-state index in [1.165, 1.54) is 51.4 Å². The van der Waals surface area contributed by atoms with E-state index in [0.29, 0.717) is 17.7 Å². The number of aromatic nitrogens is 3. The van der Waals surface area contributed by atoms with E-state index in [-0.39, 0.29) is 11.3 Å². The van der Waals surface area contributed by atoms with Crippen molar-refractivity contribution in [2.24, 2.45) is 46.3 Å². The molecule has 0 saturated heterocycles. The van der Waals surface area contributed by atoms with E-state index in [1.54, 1.807) is 26.6 Å². The molecule has 4 aliphatic carbocycles. The highest BCUT2D eigenvalue weighted by molar-refractivity contribution is 5.83. The van der Waals surface area contributed by atoms with Gasteiger partial charge in [-0.05, 0) is 97.9 Å². The van der Waals surface area contributed by atoms with Crippen molar-refractivity contribution < 1.29 is 9.53 Å². The Kier molecular flexibility index (Phi) is 6.84. The molecule has 0 N–H and O–H groups in total. The summed E-state index contributed by atoms with van der Waals surface area (Å²) in [7, 11) is 3.25. The molecular weight excluding hydrogens is 434 g/mol. The van der Waals surface area contributed by atoms with E-state index in [4.69, 9.17) is 0 Å². The van der Waals surface area contributed by atoms with Gasteiger partial charge in [0.25, 0.3) is 0 Å². The lowest BCUT2D eigenvalue weighted by Crippen LogP contribution is -2.53. The minimum absolute atomic E-state index is 0.192. The van der Waals surface area contributed by atoms with Gasteiger partial charge in [-0.15, -0.1) is 0 Å². The third-order valence-corrected chi connectivity index (χ3v) is 11.0. The van der Waals surface area contributed by atoms with Crippen LogP contribution in [0.1, 0.15) is 78.6 Å². The number of methoxy groups -OCH3 is 1. The minimum atomic E-state index is 0.192. The average Bonchev–Trinajstić information content (AvgIpc) is 3.40. The smallest absolute Gasteiger partial charge is 0.157 e. The molecule has 5 nitrogen and oxygen atoms in total. The molecule has 4 fully saturated rings. The second-order valence-electron chi connectivity index (χ2n) is 12.8. The van der Waals surface area contributed by atoms with Crippen molar-refractivity contribution >= 4 is 16.7 Å². The molecule has 8 unspecified atom stereocenters. The Morgan fingerprint density at radius 3 is 2.57 bits per heavy atom. The summed E-state index contributed by atoms with van der Waals surface area (Å²) in [6.07, 6.45) is 17.7. The molecule has 2 aromatic rings. The third kappa shape index (κ3) is 4.26. The van der Waals surface area contributed by atoms with Crippen molar-refractivity contribution in [3.63, 3.8) is 0 Å². The zero-order valence-corrected chi connectivity index (χ0v) is 22.5. The van der Waals surface area contributed by atoms with Crippen LogP contribution in [0.5, 0.6) is 0 Å². The molecule has 192 valence electrons. The lowest BCUT2D eigenvalue weighted by Gasteiger charge is -2.61. The van der Waals surface area contributed by atoms with Gasteiger partial charge in [0.15, 0.2) is 5.78 Å². The fourth-order valence-electron chi connectivity index (χ4n) is 9.27. The van der Waals surface area contributed by atoms with Crippen LogP contribution in [0.4, 0.5) is 0 Å². The number of nitrogens with zero attached hydrogens (tertiary/aromatic N) is 3. The van der Waals surface area contributed by atoms with Crippen molar-refractivity contribution in [1.82, 2.24) is 14.8 Å². The zero-order valence-electron chi connectivity index (χ0n) is 22.5. The number of fused-ring (bicyclic) bond motifs is 6. The van der Waals surface area contributed by atoms with Crippen molar-refractivity contribution in [1.29, 1.82) is 0 Å². The molecular formula is C30H45N3O2. The molecule has 6 rings (SSSR count). The van der Waals surface area contributed by atoms with E-state index in [9.17, 15) is 4.79 Å². The molecule has 2 heterocycles. The molecule has 5 heteroatoms. The van der Waals surface area contributed by atoms with Crippen LogP contribution in [0.15, 0.2) is 24.7 Å². The molecule has 4 saturated carbocycles. The number of hydrogen-bond donors (Lipinski definition) is 0. The summed E-state index contributed by atoms with van der Waals surface area (Å²) in [5.74, 6) is 4.95.